The molecule has 2 heterocycles. The summed E-state index contributed by atoms with van der Waals surface area (Å²) in [7, 11) is 0. The molecule has 8 heteroatoms. The molecule has 0 spiro atoms. The van der Waals surface area contributed by atoms with Gasteiger partial charge in [0.1, 0.15) is 5.69 Å². The van der Waals surface area contributed by atoms with Gasteiger partial charge >= 0.3 is 11.8 Å². The molecular weight excluding hydrogens is 328 g/mol. The van der Waals surface area contributed by atoms with Crippen LogP contribution in [0.2, 0.25) is 0 Å². The number of ether oxygens (including phenoxy) is 1. The number of thiazole rings is 1. The van der Waals surface area contributed by atoms with Crippen molar-refractivity contribution in [2.45, 2.75) is 33.7 Å². The Kier molecular flexibility index (Phi) is 5.86. The van der Waals surface area contributed by atoms with E-state index in [1.807, 2.05) is 27.7 Å². The number of aromatic nitrogens is 2. The van der Waals surface area contributed by atoms with Gasteiger partial charge in [-0.1, -0.05) is 0 Å². The second-order valence-electron chi connectivity index (χ2n) is 5.12. The molecular formula is C16H20N4O3S. The molecule has 0 aromatic carbocycles. The van der Waals surface area contributed by atoms with Crippen molar-refractivity contribution in [1.82, 2.24) is 15.3 Å². The summed E-state index contributed by atoms with van der Waals surface area (Å²) in [5, 5.41) is 6.12. The van der Waals surface area contributed by atoms with E-state index in [9.17, 15) is 9.59 Å². The molecule has 24 heavy (non-hydrogen) atoms. The van der Waals surface area contributed by atoms with Crippen LogP contribution in [-0.4, -0.2) is 28.4 Å². The molecule has 0 aliphatic rings. The summed E-state index contributed by atoms with van der Waals surface area (Å²) >= 11 is 1.50. The van der Waals surface area contributed by atoms with Crippen molar-refractivity contribution in [3.8, 4) is 5.88 Å². The Morgan fingerprint density at radius 2 is 2.08 bits per heavy atom. The fourth-order valence-electron chi connectivity index (χ4n) is 2.19. The average molecular weight is 348 g/mol. The van der Waals surface area contributed by atoms with Gasteiger partial charge in [0.15, 0.2) is 0 Å². The largest absolute Gasteiger partial charge is 0.476 e. The summed E-state index contributed by atoms with van der Waals surface area (Å²) in [6.07, 6.45) is 1.55. The van der Waals surface area contributed by atoms with Gasteiger partial charge in [-0.15, -0.1) is 11.3 Å². The molecule has 0 aliphatic heterocycles. The zero-order valence-corrected chi connectivity index (χ0v) is 14.9. The van der Waals surface area contributed by atoms with E-state index in [1.165, 1.54) is 11.3 Å². The number of carbonyl (C=O) groups is 2. The maximum Gasteiger partial charge on any atom is 0.313 e. The summed E-state index contributed by atoms with van der Waals surface area (Å²) in [6.45, 7) is 7.83. The van der Waals surface area contributed by atoms with E-state index >= 15 is 0 Å². The Labute approximate surface area is 144 Å². The smallest absolute Gasteiger partial charge is 0.313 e. The van der Waals surface area contributed by atoms with Gasteiger partial charge in [-0.25, -0.2) is 9.97 Å². The molecule has 1 atom stereocenters. The number of aryl methyl sites for hydroxylation is 2. The topological polar surface area (TPSA) is 93.2 Å². The number of nitrogens with one attached hydrogen (secondary N) is 2. The molecule has 0 radical (unpaired) electrons. The first kappa shape index (κ1) is 17.9. The number of hydrogen-bond acceptors (Lipinski definition) is 6. The summed E-state index contributed by atoms with van der Waals surface area (Å²) < 4.78 is 5.32. The number of rotatable bonds is 5. The number of amides is 2. The van der Waals surface area contributed by atoms with Crippen molar-refractivity contribution in [3.05, 3.63) is 33.9 Å². The number of hydrogen-bond donors (Lipinski definition) is 2. The van der Waals surface area contributed by atoms with Crippen molar-refractivity contribution in [3.63, 3.8) is 0 Å². The number of nitrogens with zero attached hydrogens (tertiary/aromatic N) is 2. The Bertz CT molecular complexity index is 745. The second kappa shape index (κ2) is 7.87. The predicted octanol–water partition coefficient (Wildman–Crippen LogP) is 2.37. The highest BCUT2D eigenvalue weighted by Gasteiger charge is 2.21. The van der Waals surface area contributed by atoms with Crippen LogP contribution in [0.4, 0.5) is 5.69 Å². The molecule has 0 fully saturated rings. The van der Waals surface area contributed by atoms with E-state index in [0.717, 1.165) is 15.6 Å². The highest BCUT2D eigenvalue weighted by Crippen LogP contribution is 2.24. The summed E-state index contributed by atoms with van der Waals surface area (Å²) in [5.74, 6) is -1.21. The van der Waals surface area contributed by atoms with Gasteiger partial charge in [0.25, 0.3) is 0 Å². The Morgan fingerprint density at radius 3 is 2.71 bits per heavy atom. The number of pyridine rings is 1. The van der Waals surface area contributed by atoms with Crippen LogP contribution >= 0.6 is 11.3 Å². The number of carbonyl (C=O) groups excluding carboxylic acids is 2. The third-order valence-electron chi connectivity index (χ3n) is 3.19. The minimum atomic E-state index is -0.769. The highest BCUT2D eigenvalue weighted by molar-refractivity contribution is 7.11. The van der Waals surface area contributed by atoms with E-state index in [4.69, 9.17) is 4.74 Å². The third kappa shape index (κ3) is 4.29. The van der Waals surface area contributed by atoms with Gasteiger partial charge in [-0.05, 0) is 39.8 Å². The van der Waals surface area contributed by atoms with Crippen LogP contribution in [-0.2, 0) is 9.59 Å². The van der Waals surface area contributed by atoms with Crippen molar-refractivity contribution in [2.24, 2.45) is 0 Å². The summed E-state index contributed by atoms with van der Waals surface area (Å²) in [5.41, 5.74) is 1.22. The van der Waals surface area contributed by atoms with Crippen LogP contribution < -0.4 is 15.4 Å². The monoisotopic (exact) mass is 348 g/mol. The van der Waals surface area contributed by atoms with E-state index in [2.05, 4.69) is 20.6 Å². The molecule has 128 valence electrons. The predicted molar refractivity (Wildman–Crippen MR) is 92.2 cm³/mol. The third-order valence-corrected chi connectivity index (χ3v) is 4.44. The van der Waals surface area contributed by atoms with E-state index in [1.54, 1.807) is 18.3 Å². The first-order valence-electron chi connectivity index (χ1n) is 7.56. The Hall–Kier alpha value is -2.48. The van der Waals surface area contributed by atoms with Crippen LogP contribution in [0.5, 0.6) is 5.88 Å². The molecule has 2 aromatic heterocycles. The molecule has 0 aliphatic carbocycles. The van der Waals surface area contributed by atoms with Crippen LogP contribution in [0.15, 0.2) is 18.3 Å². The molecule has 2 amide bonds. The zero-order valence-electron chi connectivity index (χ0n) is 14.0. The molecule has 0 bridgehead atoms. The van der Waals surface area contributed by atoms with Gasteiger partial charge in [-0.2, -0.15) is 0 Å². The van der Waals surface area contributed by atoms with Crippen LogP contribution in [0.3, 0.4) is 0 Å². The first-order chi connectivity index (χ1) is 11.4. The summed E-state index contributed by atoms with van der Waals surface area (Å²) in [6, 6.07) is 2.99. The van der Waals surface area contributed by atoms with Crippen molar-refractivity contribution >= 4 is 28.8 Å². The SMILES string of the molecule is CCOc1ncccc1NC(=O)C(=O)NC(C)c1sc(C)nc1C. The van der Waals surface area contributed by atoms with E-state index < -0.39 is 11.8 Å². The highest BCUT2D eigenvalue weighted by atomic mass is 32.1. The molecule has 7 nitrogen and oxygen atoms in total. The lowest BCUT2D eigenvalue weighted by molar-refractivity contribution is -0.136. The van der Waals surface area contributed by atoms with Gasteiger partial charge in [0.2, 0.25) is 5.88 Å². The lowest BCUT2D eigenvalue weighted by Gasteiger charge is -2.13. The van der Waals surface area contributed by atoms with Gasteiger partial charge in [0, 0.05) is 11.1 Å². The lowest BCUT2D eigenvalue weighted by Crippen LogP contribution is -2.37. The Morgan fingerprint density at radius 1 is 1.33 bits per heavy atom. The maximum atomic E-state index is 12.1. The normalized spacial score (nSPS) is 11.7. The lowest BCUT2D eigenvalue weighted by atomic mass is 10.2. The molecule has 2 N–H and O–H groups in total. The summed E-state index contributed by atoms with van der Waals surface area (Å²) in [4.78, 5) is 33.5. The first-order valence-corrected chi connectivity index (χ1v) is 8.37. The molecule has 2 aromatic rings. The fraction of sp³-hybridized carbons (Fsp3) is 0.375. The van der Waals surface area contributed by atoms with Crippen molar-refractivity contribution in [2.75, 3.05) is 11.9 Å². The van der Waals surface area contributed by atoms with Gasteiger partial charge in [0.05, 0.1) is 23.4 Å². The molecule has 0 saturated heterocycles. The number of anilines is 1. The van der Waals surface area contributed by atoms with Crippen LogP contribution in [0, 0.1) is 13.8 Å². The second-order valence-corrected chi connectivity index (χ2v) is 6.36. The van der Waals surface area contributed by atoms with Crippen molar-refractivity contribution < 1.29 is 14.3 Å². The molecule has 0 saturated carbocycles. The average Bonchev–Trinajstić information content (AvgIpc) is 2.88. The van der Waals surface area contributed by atoms with E-state index in [0.29, 0.717) is 12.3 Å². The quantitative estimate of drug-likeness (QED) is 0.809. The minimum absolute atomic E-state index is 0.281. The standard InChI is InChI=1S/C16H20N4O3S/c1-5-23-16-12(7-6-8-17-16)20-15(22)14(21)19-10(3)13-9(2)18-11(4)24-13/h6-8,10H,5H2,1-4H3,(H,19,21)(H,20,22). The molecule has 1 unspecified atom stereocenters. The van der Waals surface area contributed by atoms with Crippen LogP contribution in [0.1, 0.15) is 35.5 Å². The fourth-order valence-corrected chi connectivity index (χ4v) is 3.12. The van der Waals surface area contributed by atoms with Crippen LogP contribution in [0.25, 0.3) is 0 Å². The van der Waals surface area contributed by atoms with Crippen molar-refractivity contribution in [1.29, 1.82) is 0 Å². The minimum Gasteiger partial charge on any atom is -0.476 e. The molecule has 2 rings (SSSR count). The van der Waals surface area contributed by atoms with E-state index in [-0.39, 0.29) is 11.9 Å². The zero-order chi connectivity index (χ0) is 17.7. The Balaban J connectivity index is 2.02. The maximum absolute atomic E-state index is 12.1. The van der Waals surface area contributed by atoms with Gasteiger partial charge in [-0.3, -0.25) is 9.59 Å². The van der Waals surface area contributed by atoms with Gasteiger partial charge < -0.3 is 15.4 Å².